The Morgan fingerprint density at radius 1 is 1.00 bits per heavy atom. The molecule has 18 heavy (non-hydrogen) atoms. The number of nitrogens with one attached hydrogen (secondary N) is 1. The van der Waals surface area contributed by atoms with Crippen LogP contribution < -0.4 is 5.32 Å². The van der Waals surface area contributed by atoms with E-state index in [0.29, 0.717) is 16.9 Å². The van der Waals surface area contributed by atoms with Crippen molar-refractivity contribution in [1.29, 1.82) is 5.26 Å². The lowest BCUT2D eigenvalue weighted by Gasteiger charge is -2.10. The van der Waals surface area contributed by atoms with Gasteiger partial charge in [0.2, 0.25) is 0 Å². The van der Waals surface area contributed by atoms with Crippen molar-refractivity contribution in [2.75, 3.05) is 5.32 Å². The average molecular weight is 240 g/mol. The maximum atomic E-state index is 13.6. The number of hydrogen-bond donors (Lipinski definition) is 1. The van der Waals surface area contributed by atoms with Crippen LogP contribution in [0.1, 0.15) is 16.7 Å². The molecular weight excluding hydrogens is 227 g/mol. The van der Waals surface area contributed by atoms with E-state index >= 15 is 0 Å². The molecule has 0 aromatic heterocycles. The summed E-state index contributed by atoms with van der Waals surface area (Å²) in [5, 5.41) is 12.0. The third-order valence-electron chi connectivity index (χ3n) is 2.69. The molecule has 0 aliphatic carbocycles. The first-order valence-electron chi connectivity index (χ1n) is 5.64. The summed E-state index contributed by atoms with van der Waals surface area (Å²) in [7, 11) is 0. The maximum Gasteiger partial charge on any atom is 0.146 e. The van der Waals surface area contributed by atoms with Gasteiger partial charge in [0.1, 0.15) is 11.9 Å². The van der Waals surface area contributed by atoms with Crippen LogP contribution in [0.2, 0.25) is 0 Å². The molecule has 3 heteroatoms. The molecule has 0 saturated carbocycles. The van der Waals surface area contributed by atoms with Crippen LogP contribution in [0.15, 0.2) is 36.4 Å². The fraction of sp³-hybridized carbons (Fsp3) is 0.133. The summed E-state index contributed by atoms with van der Waals surface area (Å²) in [4.78, 5) is 0. The number of anilines is 2. The molecule has 90 valence electrons. The summed E-state index contributed by atoms with van der Waals surface area (Å²) < 4.78 is 13.6. The van der Waals surface area contributed by atoms with Crippen LogP contribution in [0.25, 0.3) is 0 Å². The summed E-state index contributed by atoms with van der Waals surface area (Å²) in [6, 6.07) is 12.4. The van der Waals surface area contributed by atoms with Crippen LogP contribution >= 0.6 is 0 Å². The fourth-order valence-corrected chi connectivity index (χ4v) is 1.74. The molecule has 0 aliphatic rings. The van der Waals surface area contributed by atoms with Crippen molar-refractivity contribution in [2.45, 2.75) is 13.8 Å². The highest BCUT2D eigenvalue weighted by Crippen LogP contribution is 2.24. The van der Waals surface area contributed by atoms with Gasteiger partial charge in [0.25, 0.3) is 0 Å². The molecule has 2 rings (SSSR count). The van der Waals surface area contributed by atoms with Gasteiger partial charge in [-0.1, -0.05) is 12.1 Å². The molecule has 0 saturated heterocycles. The van der Waals surface area contributed by atoms with E-state index in [4.69, 9.17) is 5.26 Å². The van der Waals surface area contributed by atoms with Crippen LogP contribution in [0, 0.1) is 31.0 Å². The molecule has 0 bridgehead atoms. The van der Waals surface area contributed by atoms with Crippen LogP contribution in [-0.2, 0) is 0 Å². The monoisotopic (exact) mass is 240 g/mol. The minimum Gasteiger partial charge on any atom is -0.352 e. The van der Waals surface area contributed by atoms with E-state index in [1.54, 1.807) is 24.3 Å². The molecule has 0 unspecified atom stereocenters. The largest absolute Gasteiger partial charge is 0.352 e. The highest BCUT2D eigenvalue weighted by atomic mass is 19.1. The van der Waals surface area contributed by atoms with E-state index in [1.165, 1.54) is 6.07 Å². The van der Waals surface area contributed by atoms with Crippen molar-refractivity contribution in [3.8, 4) is 6.07 Å². The number of benzene rings is 2. The number of nitrogens with zero attached hydrogens (tertiary/aromatic N) is 1. The van der Waals surface area contributed by atoms with Gasteiger partial charge in [-0.15, -0.1) is 0 Å². The lowest BCUT2D eigenvalue weighted by molar-refractivity contribution is 0.631. The Kier molecular flexibility index (Phi) is 3.29. The SMILES string of the molecule is Cc1ccc(Nc2cc(C)ccc2F)c(C#N)c1. The Balaban J connectivity index is 2.40. The summed E-state index contributed by atoms with van der Waals surface area (Å²) in [6.45, 7) is 3.81. The van der Waals surface area contributed by atoms with Crippen molar-refractivity contribution in [2.24, 2.45) is 0 Å². The first kappa shape index (κ1) is 12.1. The lowest BCUT2D eigenvalue weighted by Crippen LogP contribution is -1.97. The van der Waals surface area contributed by atoms with Gasteiger partial charge < -0.3 is 5.32 Å². The van der Waals surface area contributed by atoms with Crippen molar-refractivity contribution in [1.82, 2.24) is 0 Å². The second-order valence-electron chi connectivity index (χ2n) is 4.27. The molecule has 2 aromatic rings. The van der Waals surface area contributed by atoms with Crippen molar-refractivity contribution < 1.29 is 4.39 Å². The standard InChI is InChI=1S/C15H13FN2/c1-10-4-6-14(12(7-10)9-17)18-15-8-11(2)3-5-13(15)16/h3-8,18H,1-2H3. The van der Waals surface area contributed by atoms with Gasteiger partial charge in [0.05, 0.1) is 16.9 Å². The zero-order chi connectivity index (χ0) is 13.1. The predicted octanol–water partition coefficient (Wildman–Crippen LogP) is 4.06. The summed E-state index contributed by atoms with van der Waals surface area (Å²) in [5.41, 5.74) is 3.48. The third kappa shape index (κ3) is 2.49. The fourth-order valence-electron chi connectivity index (χ4n) is 1.74. The number of halogens is 1. The topological polar surface area (TPSA) is 35.8 Å². The Bertz CT molecular complexity index is 627. The molecule has 0 amide bonds. The van der Waals surface area contributed by atoms with E-state index in [-0.39, 0.29) is 5.82 Å². The quantitative estimate of drug-likeness (QED) is 0.859. The highest BCUT2D eigenvalue weighted by molar-refractivity contribution is 5.67. The molecule has 1 N–H and O–H groups in total. The molecule has 0 radical (unpaired) electrons. The predicted molar refractivity (Wildman–Crippen MR) is 70.3 cm³/mol. The molecule has 0 aliphatic heterocycles. The van der Waals surface area contributed by atoms with Gasteiger partial charge in [-0.2, -0.15) is 5.26 Å². The van der Waals surface area contributed by atoms with Gasteiger partial charge in [-0.3, -0.25) is 0 Å². The van der Waals surface area contributed by atoms with Crippen LogP contribution in [-0.4, -0.2) is 0 Å². The Hall–Kier alpha value is -2.34. The van der Waals surface area contributed by atoms with Crippen LogP contribution in [0.5, 0.6) is 0 Å². The van der Waals surface area contributed by atoms with Crippen LogP contribution in [0.3, 0.4) is 0 Å². The van der Waals surface area contributed by atoms with Crippen molar-refractivity contribution >= 4 is 11.4 Å². The lowest BCUT2D eigenvalue weighted by atomic mass is 10.1. The second kappa shape index (κ2) is 4.89. The first-order valence-corrected chi connectivity index (χ1v) is 5.64. The van der Waals surface area contributed by atoms with Gasteiger partial charge in [0, 0.05) is 0 Å². The minimum atomic E-state index is -0.329. The van der Waals surface area contributed by atoms with E-state index < -0.39 is 0 Å². The van der Waals surface area contributed by atoms with E-state index in [0.717, 1.165) is 11.1 Å². The van der Waals surface area contributed by atoms with E-state index in [2.05, 4.69) is 11.4 Å². The zero-order valence-corrected chi connectivity index (χ0v) is 10.3. The number of aryl methyl sites for hydroxylation is 2. The van der Waals surface area contributed by atoms with Crippen LogP contribution in [0.4, 0.5) is 15.8 Å². The molecule has 2 nitrogen and oxygen atoms in total. The third-order valence-corrected chi connectivity index (χ3v) is 2.69. The van der Waals surface area contributed by atoms with Crippen molar-refractivity contribution in [3.63, 3.8) is 0 Å². The number of nitriles is 1. The van der Waals surface area contributed by atoms with Gasteiger partial charge in [0.15, 0.2) is 0 Å². The summed E-state index contributed by atoms with van der Waals surface area (Å²) in [5.74, 6) is -0.329. The second-order valence-corrected chi connectivity index (χ2v) is 4.27. The first-order chi connectivity index (χ1) is 8.60. The molecule has 0 fully saturated rings. The molecule has 0 atom stereocenters. The number of rotatable bonds is 2. The zero-order valence-electron chi connectivity index (χ0n) is 10.3. The van der Waals surface area contributed by atoms with Crippen molar-refractivity contribution in [3.05, 3.63) is 58.9 Å². The minimum absolute atomic E-state index is 0.329. The molecule has 0 heterocycles. The Morgan fingerprint density at radius 3 is 2.39 bits per heavy atom. The molecular formula is C15H13FN2. The smallest absolute Gasteiger partial charge is 0.146 e. The molecule has 0 spiro atoms. The summed E-state index contributed by atoms with van der Waals surface area (Å²) in [6.07, 6.45) is 0. The average Bonchev–Trinajstić information content (AvgIpc) is 2.36. The normalized spacial score (nSPS) is 9.89. The highest BCUT2D eigenvalue weighted by Gasteiger charge is 2.06. The number of hydrogen-bond acceptors (Lipinski definition) is 2. The summed E-state index contributed by atoms with van der Waals surface area (Å²) >= 11 is 0. The van der Waals surface area contributed by atoms with Gasteiger partial charge >= 0.3 is 0 Å². The van der Waals surface area contributed by atoms with E-state index in [9.17, 15) is 4.39 Å². The van der Waals surface area contributed by atoms with Gasteiger partial charge in [-0.05, 0) is 49.2 Å². The van der Waals surface area contributed by atoms with E-state index in [1.807, 2.05) is 19.9 Å². The Morgan fingerprint density at radius 2 is 1.67 bits per heavy atom. The molecule has 2 aromatic carbocycles. The Labute approximate surface area is 106 Å². The maximum absolute atomic E-state index is 13.6. The van der Waals surface area contributed by atoms with Gasteiger partial charge in [-0.25, -0.2) is 4.39 Å².